The fourth-order valence-corrected chi connectivity index (χ4v) is 5.17. The molecule has 1 saturated heterocycles. The summed E-state index contributed by atoms with van der Waals surface area (Å²) >= 11 is 0. The number of nitrogens with one attached hydrogen (secondary N) is 2. The lowest BCUT2D eigenvalue weighted by molar-refractivity contribution is -0.127. The van der Waals surface area contributed by atoms with Gasteiger partial charge in [0, 0.05) is 57.0 Å². The molecule has 0 spiro atoms. The van der Waals surface area contributed by atoms with Gasteiger partial charge in [-0.15, -0.1) is 0 Å². The van der Waals surface area contributed by atoms with Crippen molar-refractivity contribution in [3.63, 3.8) is 0 Å². The van der Waals surface area contributed by atoms with Crippen molar-refractivity contribution in [1.82, 2.24) is 19.8 Å². The van der Waals surface area contributed by atoms with Crippen molar-refractivity contribution in [3.05, 3.63) is 84.2 Å². The largest absolute Gasteiger partial charge is 0.457 e. The highest BCUT2D eigenvalue weighted by Gasteiger charge is 2.28. The van der Waals surface area contributed by atoms with Gasteiger partial charge in [0.1, 0.15) is 29.5 Å². The lowest BCUT2D eigenvalue weighted by Gasteiger charge is -2.33. The number of nitrogen functional groups attached to an aromatic ring is 1. The predicted octanol–water partition coefficient (Wildman–Crippen LogP) is 4.34. The van der Waals surface area contributed by atoms with E-state index in [9.17, 15) is 4.79 Å². The van der Waals surface area contributed by atoms with E-state index in [2.05, 4.69) is 20.2 Å². The molecule has 0 bridgehead atoms. The number of amides is 1. The highest BCUT2D eigenvalue weighted by Crippen LogP contribution is 2.27. The molecule has 10 heteroatoms. The first-order valence-electron chi connectivity index (χ1n) is 14.5. The molecule has 0 unspecified atom stereocenters. The van der Waals surface area contributed by atoms with E-state index in [4.69, 9.17) is 20.6 Å². The Kier molecular flexibility index (Phi) is 9.78. The van der Waals surface area contributed by atoms with Crippen LogP contribution in [-0.2, 0) is 9.53 Å². The molecular weight excluding hydrogens is 530 g/mol. The molecule has 3 aromatic rings. The standard InChI is InChI=1S/C32H39N7O3/c1-41-20-19-38(25-13-14-25)17-6-10-28(40)39-18-5-7-24(21-39)37-32-29(31(34)35-22-36-32)30(33)23-11-15-27(16-12-23)42-26-8-3-2-4-9-26/h2-4,6,8-12,15-16,22,24-25,33H,5,7,13-14,17-21H2,1H3,(H3,34,35,36,37)/b10-6+,33-30?/t24-/m1/s1. The second-order valence-corrected chi connectivity index (χ2v) is 10.7. The van der Waals surface area contributed by atoms with Crippen molar-refractivity contribution in [3.8, 4) is 11.5 Å². The lowest BCUT2D eigenvalue weighted by atomic mass is 10.0. The third kappa shape index (κ3) is 7.71. The van der Waals surface area contributed by atoms with Crippen LogP contribution in [-0.4, -0.2) is 83.4 Å². The number of aromatic nitrogens is 2. The number of ether oxygens (including phenoxy) is 2. The Morgan fingerprint density at radius 3 is 2.62 bits per heavy atom. The van der Waals surface area contributed by atoms with Gasteiger partial charge < -0.3 is 25.4 Å². The molecular formula is C32H39N7O3. The van der Waals surface area contributed by atoms with Crippen molar-refractivity contribution in [2.45, 2.75) is 37.8 Å². The molecule has 10 nitrogen and oxygen atoms in total. The van der Waals surface area contributed by atoms with Crippen molar-refractivity contribution in [1.29, 1.82) is 5.41 Å². The Labute approximate surface area is 247 Å². The van der Waals surface area contributed by atoms with Gasteiger partial charge in [-0.25, -0.2) is 9.97 Å². The van der Waals surface area contributed by atoms with E-state index in [1.807, 2.05) is 65.6 Å². The number of hydrogen-bond acceptors (Lipinski definition) is 9. The molecule has 4 N–H and O–H groups in total. The first-order valence-corrected chi connectivity index (χ1v) is 14.5. The molecule has 2 aliphatic rings. The van der Waals surface area contributed by atoms with Crippen molar-refractivity contribution in [2.24, 2.45) is 0 Å². The third-order valence-electron chi connectivity index (χ3n) is 7.57. The fraction of sp³-hybridized carbons (Fsp3) is 0.375. The Hall–Kier alpha value is -4.28. The van der Waals surface area contributed by atoms with E-state index in [0.717, 1.165) is 31.7 Å². The molecule has 1 aromatic heterocycles. The van der Waals surface area contributed by atoms with Gasteiger partial charge in [0.25, 0.3) is 0 Å². The number of hydrogen-bond donors (Lipinski definition) is 3. The quantitative estimate of drug-likeness (QED) is 0.205. The summed E-state index contributed by atoms with van der Waals surface area (Å²) in [5.74, 6) is 2.14. The van der Waals surface area contributed by atoms with Gasteiger partial charge in [-0.3, -0.25) is 15.1 Å². The van der Waals surface area contributed by atoms with Crippen LogP contribution in [0.3, 0.4) is 0 Å². The summed E-state index contributed by atoms with van der Waals surface area (Å²) < 4.78 is 11.1. The second kappa shape index (κ2) is 14.1. The molecule has 2 heterocycles. The summed E-state index contributed by atoms with van der Waals surface area (Å²) in [6.45, 7) is 3.57. The van der Waals surface area contributed by atoms with E-state index in [0.29, 0.717) is 48.4 Å². The van der Waals surface area contributed by atoms with Gasteiger partial charge in [0.05, 0.1) is 17.9 Å². The van der Waals surface area contributed by atoms with Crippen molar-refractivity contribution < 1.29 is 14.3 Å². The van der Waals surface area contributed by atoms with E-state index in [1.165, 1.54) is 19.2 Å². The van der Waals surface area contributed by atoms with Gasteiger partial charge in [0.2, 0.25) is 5.91 Å². The maximum atomic E-state index is 13.0. The van der Waals surface area contributed by atoms with Crippen molar-refractivity contribution >= 4 is 23.3 Å². The van der Waals surface area contributed by atoms with Crippen LogP contribution < -0.4 is 15.8 Å². The summed E-state index contributed by atoms with van der Waals surface area (Å²) in [5, 5.41) is 12.4. The zero-order valence-corrected chi connectivity index (χ0v) is 24.0. The molecule has 1 aliphatic heterocycles. The molecule has 42 heavy (non-hydrogen) atoms. The summed E-state index contributed by atoms with van der Waals surface area (Å²) in [6.07, 6.45) is 9.23. The molecule has 1 atom stereocenters. The topological polar surface area (TPSA) is 130 Å². The number of likely N-dealkylation sites (tertiary alicyclic amines) is 1. The summed E-state index contributed by atoms with van der Waals surface area (Å²) in [4.78, 5) is 25.8. The first kappa shape index (κ1) is 29.2. The number of carbonyl (C=O) groups excluding carboxylic acids is 1. The van der Waals surface area contributed by atoms with E-state index < -0.39 is 0 Å². The SMILES string of the molecule is COCCN(C/C=C/C(=O)N1CCC[C@@H](Nc2ncnc(N)c2C(=N)c2ccc(Oc3ccccc3)cc2)C1)C1CC1. The first-order chi connectivity index (χ1) is 20.5. The number of piperidine rings is 1. The van der Waals surface area contributed by atoms with Gasteiger partial charge in [-0.05, 0) is 62.1 Å². The number of rotatable bonds is 13. The highest BCUT2D eigenvalue weighted by molar-refractivity contribution is 6.16. The van der Waals surface area contributed by atoms with Crippen LogP contribution in [0.2, 0.25) is 0 Å². The number of benzene rings is 2. The average molecular weight is 570 g/mol. The highest BCUT2D eigenvalue weighted by atomic mass is 16.5. The average Bonchev–Trinajstić information content (AvgIpc) is 3.85. The number of nitrogens with zero attached hydrogens (tertiary/aromatic N) is 4. The predicted molar refractivity (Wildman–Crippen MR) is 164 cm³/mol. The van der Waals surface area contributed by atoms with Crippen LogP contribution in [0.25, 0.3) is 0 Å². The zero-order chi connectivity index (χ0) is 29.3. The Morgan fingerprint density at radius 2 is 1.88 bits per heavy atom. The molecule has 5 rings (SSSR count). The molecule has 220 valence electrons. The minimum Gasteiger partial charge on any atom is -0.457 e. The number of para-hydroxylation sites is 1. The van der Waals surface area contributed by atoms with Crippen LogP contribution in [0, 0.1) is 5.41 Å². The molecule has 2 aromatic carbocycles. The van der Waals surface area contributed by atoms with E-state index in [-0.39, 0.29) is 23.5 Å². The van der Waals surface area contributed by atoms with Gasteiger partial charge in [-0.1, -0.05) is 24.3 Å². The van der Waals surface area contributed by atoms with Gasteiger partial charge >= 0.3 is 0 Å². The van der Waals surface area contributed by atoms with Crippen LogP contribution in [0.5, 0.6) is 11.5 Å². The summed E-state index contributed by atoms with van der Waals surface area (Å²) in [7, 11) is 1.71. The third-order valence-corrected chi connectivity index (χ3v) is 7.57. The molecule has 2 fully saturated rings. The maximum absolute atomic E-state index is 13.0. The van der Waals surface area contributed by atoms with Gasteiger partial charge in [-0.2, -0.15) is 0 Å². The number of anilines is 2. The van der Waals surface area contributed by atoms with Gasteiger partial charge in [0.15, 0.2) is 0 Å². The van der Waals surface area contributed by atoms with Crippen molar-refractivity contribution in [2.75, 3.05) is 50.9 Å². The van der Waals surface area contributed by atoms with E-state index >= 15 is 0 Å². The van der Waals surface area contributed by atoms with Crippen LogP contribution in [0.1, 0.15) is 36.8 Å². The zero-order valence-electron chi connectivity index (χ0n) is 24.0. The Bertz CT molecular complexity index is 1380. The lowest BCUT2D eigenvalue weighted by Crippen LogP contribution is -2.45. The van der Waals surface area contributed by atoms with Crippen LogP contribution in [0.15, 0.2) is 73.1 Å². The second-order valence-electron chi connectivity index (χ2n) is 10.7. The van der Waals surface area contributed by atoms with Crippen LogP contribution >= 0.6 is 0 Å². The Balaban J connectivity index is 1.21. The monoisotopic (exact) mass is 569 g/mol. The Morgan fingerprint density at radius 1 is 1.12 bits per heavy atom. The molecule has 1 saturated carbocycles. The minimum atomic E-state index is -0.0248. The molecule has 0 radical (unpaired) electrons. The number of nitrogens with two attached hydrogens (primary N) is 1. The summed E-state index contributed by atoms with van der Waals surface area (Å²) in [6, 6.07) is 17.4. The number of methoxy groups -OCH3 is 1. The molecule has 1 amide bonds. The maximum Gasteiger partial charge on any atom is 0.246 e. The molecule has 1 aliphatic carbocycles. The normalized spacial score (nSPS) is 17.0. The summed E-state index contributed by atoms with van der Waals surface area (Å²) in [5.41, 5.74) is 7.58. The fourth-order valence-electron chi connectivity index (χ4n) is 5.17. The number of carbonyl (C=O) groups is 1. The minimum absolute atomic E-state index is 0.0111. The van der Waals surface area contributed by atoms with Crippen LogP contribution in [0.4, 0.5) is 11.6 Å². The smallest absolute Gasteiger partial charge is 0.246 e. The van der Waals surface area contributed by atoms with E-state index in [1.54, 1.807) is 13.2 Å².